The number of nitrogens with zero attached hydrogens (tertiary/aromatic N) is 6. The lowest BCUT2D eigenvalue weighted by molar-refractivity contribution is -0.131. The van der Waals surface area contributed by atoms with Crippen molar-refractivity contribution in [3.8, 4) is 5.75 Å². The molecule has 6 rings (SSSR count). The van der Waals surface area contributed by atoms with Gasteiger partial charge in [0.25, 0.3) is 0 Å². The molecule has 2 N–H and O–H groups in total. The molecule has 0 aliphatic carbocycles. The van der Waals surface area contributed by atoms with E-state index in [0.717, 1.165) is 69.8 Å². The van der Waals surface area contributed by atoms with E-state index in [2.05, 4.69) is 49.1 Å². The first-order valence-electron chi connectivity index (χ1n) is 15.9. The second-order valence-electron chi connectivity index (χ2n) is 11.8. The highest BCUT2D eigenvalue weighted by Gasteiger charge is 2.31. The van der Waals surface area contributed by atoms with Crippen LogP contribution in [0.1, 0.15) is 37.8 Å². The van der Waals surface area contributed by atoms with Crippen LogP contribution in [-0.2, 0) is 14.4 Å². The summed E-state index contributed by atoms with van der Waals surface area (Å²) in [6, 6.07) is 16.4. The number of carbonyl (C=O) groups is 2. The molecule has 3 aliphatic rings. The Hall–Kier alpha value is -4.68. The molecule has 3 aliphatic heterocycles. The van der Waals surface area contributed by atoms with E-state index in [1.165, 1.54) is 12.4 Å². The maximum absolute atomic E-state index is 12.5. The molecular formula is C34H42N8O4. The van der Waals surface area contributed by atoms with Crippen molar-refractivity contribution in [3.63, 3.8) is 0 Å². The van der Waals surface area contributed by atoms with Gasteiger partial charge in [0, 0.05) is 70.8 Å². The first kappa shape index (κ1) is 31.3. The minimum absolute atomic E-state index is 0.0489. The molecule has 242 valence electrons. The van der Waals surface area contributed by atoms with E-state index >= 15 is 0 Å². The van der Waals surface area contributed by atoms with E-state index in [9.17, 15) is 9.59 Å². The van der Waals surface area contributed by atoms with Crippen molar-refractivity contribution >= 4 is 40.5 Å². The lowest BCUT2D eigenvalue weighted by atomic mass is 10.0. The van der Waals surface area contributed by atoms with Crippen LogP contribution in [0, 0.1) is 0 Å². The molecular weight excluding hydrogens is 584 g/mol. The van der Waals surface area contributed by atoms with E-state index in [1.807, 2.05) is 46.4 Å². The third-order valence-electron chi connectivity index (χ3n) is 9.07. The fraction of sp³-hybridized carbons (Fsp3) is 0.412. The van der Waals surface area contributed by atoms with Crippen molar-refractivity contribution in [2.24, 2.45) is 0 Å². The Kier molecular flexibility index (Phi) is 9.65. The highest BCUT2D eigenvalue weighted by Crippen LogP contribution is 2.40. The summed E-state index contributed by atoms with van der Waals surface area (Å²) in [4.78, 5) is 46.0. The maximum atomic E-state index is 12.5. The monoisotopic (exact) mass is 626 g/mol. The summed E-state index contributed by atoms with van der Waals surface area (Å²) in [5, 5.41) is 8.22. The van der Waals surface area contributed by atoms with Crippen LogP contribution >= 0.6 is 0 Å². The molecule has 0 bridgehead atoms. The predicted molar refractivity (Wildman–Crippen MR) is 178 cm³/mol. The van der Waals surface area contributed by atoms with Gasteiger partial charge < -0.3 is 25.2 Å². The van der Waals surface area contributed by atoms with Gasteiger partial charge in [-0.3, -0.25) is 19.3 Å². The van der Waals surface area contributed by atoms with Crippen LogP contribution in [0.2, 0.25) is 0 Å². The second kappa shape index (κ2) is 14.2. The molecule has 3 saturated heterocycles. The Morgan fingerprint density at radius 3 is 2.43 bits per heavy atom. The molecule has 4 heterocycles. The van der Waals surface area contributed by atoms with Crippen molar-refractivity contribution in [1.82, 2.24) is 19.8 Å². The number of hydrogen-bond donors (Lipinski definition) is 2. The Morgan fingerprint density at radius 2 is 1.74 bits per heavy atom. The molecule has 1 unspecified atom stereocenters. The summed E-state index contributed by atoms with van der Waals surface area (Å²) in [5.41, 5.74) is 3.35. The third kappa shape index (κ3) is 6.92. The summed E-state index contributed by atoms with van der Waals surface area (Å²) in [6.45, 7) is 10.9. The number of methoxy groups -OCH3 is 1. The van der Waals surface area contributed by atoms with Crippen LogP contribution in [0.3, 0.4) is 0 Å². The van der Waals surface area contributed by atoms with E-state index in [0.29, 0.717) is 41.4 Å². The summed E-state index contributed by atoms with van der Waals surface area (Å²) in [7, 11) is 1.63. The molecule has 2 amide bonds. The topological polar surface area (TPSA) is 115 Å². The third-order valence-corrected chi connectivity index (χ3v) is 9.07. The van der Waals surface area contributed by atoms with Crippen molar-refractivity contribution in [2.45, 2.75) is 38.3 Å². The summed E-state index contributed by atoms with van der Waals surface area (Å²) in [5.74, 6) is 1.68. The highest BCUT2D eigenvalue weighted by atomic mass is 16.7. The smallest absolute Gasteiger partial charge is 0.247 e. The van der Waals surface area contributed by atoms with Crippen LogP contribution < -0.4 is 25.3 Å². The van der Waals surface area contributed by atoms with E-state index in [4.69, 9.17) is 9.57 Å². The predicted octanol–water partition coefficient (Wildman–Crippen LogP) is 4.37. The molecule has 1 aromatic heterocycles. The number of carbonyl (C=O) groups excluding carboxylic acids is 2. The number of benzene rings is 2. The number of piperazine rings is 1. The van der Waals surface area contributed by atoms with Gasteiger partial charge in [0.2, 0.25) is 11.8 Å². The lowest BCUT2D eigenvalue weighted by Gasteiger charge is -2.43. The standard InChI is InChI=1S/C34H42N8O4/c1-4-34(44)38-27-20-28(37-32-22-33(36-23-35-32)42-29(12-19-46-42)25-8-6-5-7-9-25)31(45-3)21-30(27)41-13-10-26(11-14-41)40-17-15-39(16-18-40)24(2)43/h4-9,20-23,26,29H,1,10-19H2,2-3H3,(H,38,44)(H,35,36,37). The van der Waals surface area contributed by atoms with Gasteiger partial charge in [-0.25, -0.2) is 15.0 Å². The van der Waals surface area contributed by atoms with Crippen LogP contribution in [0.5, 0.6) is 5.75 Å². The quantitative estimate of drug-likeness (QED) is 0.332. The molecule has 46 heavy (non-hydrogen) atoms. The fourth-order valence-corrected chi connectivity index (χ4v) is 6.60. The van der Waals surface area contributed by atoms with E-state index in [1.54, 1.807) is 14.0 Å². The number of piperidine rings is 1. The molecule has 12 heteroatoms. The zero-order valence-corrected chi connectivity index (χ0v) is 26.5. The summed E-state index contributed by atoms with van der Waals surface area (Å²) in [6.07, 6.45) is 5.61. The molecule has 12 nitrogen and oxygen atoms in total. The number of nitrogens with one attached hydrogen (secondary N) is 2. The lowest BCUT2D eigenvalue weighted by Crippen LogP contribution is -2.54. The first-order chi connectivity index (χ1) is 22.4. The number of anilines is 5. The van der Waals surface area contributed by atoms with Crippen LogP contribution in [-0.4, -0.2) is 90.6 Å². The molecule has 1 atom stereocenters. The molecule has 0 spiro atoms. The van der Waals surface area contributed by atoms with Gasteiger partial charge >= 0.3 is 0 Å². The maximum Gasteiger partial charge on any atom is 0.247 e. The fourth-order valence-electron chi connectivity index (χ4n) is 6.60. The number of hydroxylamine groups is 1. The Labute approximate surface area is 269 Å². The zero-order valence-electron chi connectivity index (χ0n) is 26.5. The van der Waals surface area contributed by atoms with Crippen LogP contribution in [0.15, 0.2) is 67.5 Å². The first-order valence-corrected chi connectivity index (χ1v) is 15.9. The number of rotatable bonds is 9. The van der Waals surface area contributed by atoms with Gasteiger partial charge in [0.15, 0.2) is 5.82 Å². The average Bonchev–Trinajstić information content (AvgIpc) is 3.59. The normalized spacial score (nSPS) is 19.2. The zero-order chi connectivity index (χ0) is 32.0. The van der Waals surface area contributed by atoms with Crippen molar-refractivity contribution in [2.75, 3.05) is 73.6 Å². The van der Waals surface area contributed by atoms with Gasteiger partial charge in [0.05, 0.1) is 36.8 Å². The molecule has 2 aromatic carbocycles. The van der Waals surface area contributed by atoms with Gasteiger partial charge in [-0.1, -0.05) is 36.9 Å². The number of ether oxygens (including phenoxy) is 1. The minimum Gasteiger partial charge on any atom is -0.494 e. The van der Waals surface area contributed by atoms with Gasteiger partial charge in [0.1, 0.15) is 17.9 Å². The van der Waals surface area contributed by atoms with Crippen LogP contribution in [0.4, 0.5) is 28.7 Å². The van der Waals surface area contributed by atoms with Crippen molar-refractivity contribution < 1.29 is 19.2 Å². The van der Waals surface area contributed by atoms with E-state index in [-0.39, 0.29) is 17.9 Å². The molecule has 3 fully saturated rings. The number of amides is 2. The molecule has 0 saturated carbocycles. The Morgan fingerprint density at radius 1 is 0.978 bits per heavy atom. The molecule has 0 radical (unpaired) electrons. The van der Waals surface area contributed by atoms with Crippen LogP contribution in [0.25, 0.3) is 0 Å². The average molecular weight is 627 g/mol. The summed E-state index contributed by atoms with van der Waals surface area (Å²) >= 11 is 0. The molecule has 3 aromatic rings. The second-order valence-corrected chi connectivity index (χ2v) is 11.8. The van der Waals surface area contributed by atoms with Gasteiger partial charge in [-0.2, -0.15) is 0 Å². The van der Waals surface area contributed by atoms with Crippen molar-refractivity contribution in [1.29, 1.82) is 0 Å². The van der Waals surface area contributed by atoms with Gasteiger partial charge in [-0.05, 0) is 30.5 Å². The summed E-state index contributed by atoms with van der Waals surface area (Å²) < 4.78 is 5.84. The number of aromatic nitrogens is 2. The van der Waals surface area contributed by atoms with Gasteiger partial charge in [-0.15, -0.1) is 0 Å². The van der Waals surface area contributed by atoms with E-state index < -0.39 is 0 Å². The minimum atomic E-state index is -0.293. The highest BCUT2D eigenvalue weighted by molar-refractivity contribution is 6.02. The number of hydrogen-bond acceptors (Lipinski definition) is 10. The largest absolute Gasteiger partial charge is 0.494 e. The Balaban J connectivity index is 1.20. The Bertz CT molecular complexity index is 1540. The van der Waals surface area contributed by atoms with Crippen molar-refractivity contribution in [3.05, 3.63) is 73.1 Å². The SMILES string of the molecule is C=CC(=O)Nc1cc(Nc2cc(N3OCCC3c3ccccc3)ncn2)c(OC)cc1N1CCC(N2CCN(C(C)=O)CC2)CC1.